The van der Waals surface area contributed by atoms with E-state index in [1.54, 1.807) is 11.6 Å². The Balaban J connectivity index is 1.77. The Labute approximate surface area is 162 Å². The summed E-state index contributed by atoms with van der Waals surface area (Å²) >= 11 is 1.52. The van der Waals surface area contributed by atoms with Crippen LogP contribution in [-0.2, 0) is 6.42 Å². The molecule has 0 bridgehead atoms. The number of likely N-dealkylation sites (N-methyl/N-ethyl adjacent to an activating group) is 1. The molecule has 144 valence electrons. The van der Waals surface area contributed by atoms with Gasteiger partial charge in [0.1, 0.15) is 5.75 Å². The van der Waals surface area contributed by atoms with Crippen molar-refractivity contribution in [2.75, 3.05) is 40.3 Å². The zero-order valence-corrected chi connectivity index (χ0v) is 16.7. The van der Waals surface area contributed by atoms with Gasteiger partial charge >= 0.3 is 0 Å². The molecular weight excluding hydrogens is 362 g/mol. The van der Waals surface area contributed by atoms with Crippen molar-refractivity contribution in [3.05, 3.63) is 40.5 Å². The number of thiazole rings is 1. The second kappa shape index (κ2) is 7.46. The third-order valence-electron chi connectivity index (χ3n) is 5.14. The molecule has 7 nitrogen and oxygen atoms in total. The van der Waals surface area contributed by atoms with Crippen LogP contribution in [0.5, 0.6) is 11.6 Å². The summed E-state index contributed by atoms with van der Waals surface area (Å²) in [4.78, 5) is 10.9. The third kappa shape index (κ3) is 3.40. The van der Waals surface area contributed by atoms with E-state index in [1.165, 1.54) is 11.3 Å². The van der Waals surface area contributed by atoms with E-state index in [9.17, 15) is 5.11 Å². The van der Waals surface area contributed by atoms with Gasteiger partial charge in [-0.15, -0.1) is 5.10 Å². The minimum atomic E-state index is -0.0248. The number of fused-ring (bicyclic) bond motifs is 1. The molecule has 8 heteroatoms. The molecule has 1 fully saturated rings. The maximum Gasteiger partial charge on any atom is 0.230 e. The molecule has 2 aromatic heterocycles. The van der Waals surface area contributed by atoms with Crippen molar-refractivity contribution in [2.24, 2.45) is 0 Å². The van der Waals surface area contributed by atoms with Crippen LogP contribution >= 0.6 is 11.3 Å². The van der Waals surface area contributed by atoms with Gasteiger partial charge < -0.3 is 14.7 Å². The quantitative estimate of drug-likeness (QED) is 0.725. The number of aryl methyl sites for hydroxylation is 1. The van der Waals surface area contributed by atoms with Crippen LogP contribution in [0.15, 0.2) is 24.3 Å². The van der Waals surface area contributed by atoms with E-state index in [0.717, 1.165) is 59.6 Å². The van der Waals surface area contributed by atoms with Crippen LogP contribution < -0.4 is 4.74 Å². The van der Waals surface area contributed by atoms with Gasteiger partial charge in [-0.1, -0.05) is 30.4 Å². The number of piperazine rings is 1. The third-order valence-corrected chi connectivity index (χ3v) is 6.22. The van der Waals surface area contributed by atoms with Crippen molar-refractivity contribution in [2.45, 2.75) is 19.4 Å². The highest BCUT2D eigenvalue weighted by Gasteiger charge is 2.31. The Hall–Kier alpha value is -2.16. The molecule has 0 amide bonds. The number of aromatic hydroxyl groups is 1. The Bertz CT molecular complexity index is 912. The fraction of sp³-hybridized carbons (Fsp3) is 0.474. The van der Waals surface area contributed by atoms with Gasteiger partial charge in [0.15, 0.2) is 5.82 Å². The lowest BCUT2D eigenvalue weighted by atomic mass is 10.0. The normalized spacial score (nSPS) is 17.4. The van der Waals surface area contributed by atoms with Crippen LogP contribution in [0.1, 0.15) is 29.2 Å². The SMILES string of the molecule is CCc1nc2sc(C(c3ccc(OC)cc3)N3CCN(C)CC3)c(O)n2n1. The number of nitrogens with zero attached hydrogens (tertiary/aromatic N) is 5. The van der Waals surface area contributed by atoms with E-state index in [1.807, 2.05) is 19.1 Å². The predicted molar refractivity (Wildman–Crippen MR) is 106 cm³/mol. The van der Waals surface area contributed by atoms with E-state index in [4.69, 9.17) is 4.74 Å². The summed E-state index contributed by atoms with van der Waals surface area (Å²) in [6.07, 6.45) is 0.754. The van der Waals surface area contributed by atoms with Gasteiger partial charge in [-0.05, 0) is 24.7 Å². The lowest BCUT2D eigenvalue weighted by molar-refractivity contribution is 0.127. The molecule has 1 aromatic carbocycles. The fourth-order valence-electron chi connectivity index (χ4n) is 3.51. The Morgan fingerprint density at radius 3 is 2.48 bits per heavy atom. The summed E-state index contributed by atoms with van der Waals surface area (Å²) in [5.74, 6) is 1.78. The van der Waals surface area contributed by atoms with Crippen molar-refractivity contribution in [3.63, 3.8) is 0 Å². The highest BCUT2D eigenvalue weighted by atomic mass is 32.1. The van der Waals surface area contributed by atoms with Gasteiger partial charge in [-0.25, -0.2) is 4.98 Å². The highest BCUT2D eigenvalue weighted by molar-refractivity contribution is 7.17. The number of ether oxygens (including phenoxy) is 1. The summed E-state index contributed by atoms with van der Waals surface area (Å²) in [7, 11) is 3.82. The molecule has 0 aliphatic carbocycles. The molecule has 1 aliphatic heterocycles. The van der Waals surface area contributed by atoms with Crippen molar-refractivity contribution < 1.29 is 9.84 Å². The molecule has 0 radical (unpaired) electrons. The molecule has 0 saturated carbocycles. The molecule has 1 atom stereocenters. The van der Waals surface area contributed by atoms with Crippen LogP contribution in [0, 0.1) is 0 Å². The second-order valence-corrected chi connectivity index (χ2v) is 7.89. The number of benzene rings is 1. The molecule has 1 N–H and O–H groups in total. The minimum absolute atomic E-state index is 0.0248. The first-order valence-corrected chi connectivity index (χ1v) is 10.1. The Morgan fingerprint density at radius 1 is 1.19 bits per heavy atom. The second-order valence-electron chi connectivity index (χ2n) is 6.88. The van der Waals surface area contributed by atoms with Crippen molar-refractivity contribution >= 4 is 16.3 Å². The predicted octanol–water partition coefficient (Wildman–Crippen LogP) is 2.40. The summed E-state index contributed by atoms with van der Waals surface area (Å²) in [6.45, 7) is 5.92. The Morgan fingerprint density at radius 2 is 1.89 bits per heavy atom. The molecule has 27 heavy (non-hydrogen) atoms. The van der Waals surface area contributed by atoms with Crippen LogP contribution in [-0.4, -0.2) is 69.8 Å². The molecular formula is C19H25N5O2S. The van der Waals surface area contributed by atoms with Gasteiger partial charge in [0.05, 0.1) is 18.0 Å². The average molecular weight is 388 g/mol. The first-order valence-electron chi connectivity index (χ1n) is 9.24. The molecule has 1 aliphatic rings. The number of hydrogen-bond donors (Lipinski definition) is 1. The van der Waals surface area contributed by atoms with E-state index in [0.29, 0.717) is 0 Å². The summed E-state index contributed by atoms with van der Waals surface area (Å²) < 4.78 is 6.88. The lowest BCUT2D eigenvalue weighted by Crippen LogP contribution is -2.46. The largest absolute Gasteiger partial charge is 0.497 e. The molecule has 1 saturated heterocycles. The number of methoxy groups -OCH3 is 1. The standard InChI is InChI=1S/C19H25N5O2S/c1-4-15-20-19-24(21-15)18(25)17(27-19)16(23-11-9-22(2)10-12-23)13-5-7-14(26-3)8-6-13/h5-8,16,25H,4,9-12H2,1-3H3. The first-order chi connectivity index (χ1) is 13.1. The van der Waals surface area contributed by atoms with Crippen LogP contribution in [0.3, 0.4) is 0 Å². The fourth-order valence-corrected chi connectivity index (χ4v) is 4.65. The zero-order chi connectivity index (χ0) is 19.0. The summed E-state index contributed by atoms with van der Waals surface area (Å²) in [5, 5.41) is 15.4. The van der Waals surface area contributed by atoms with Crippen LogP contribution in [0.2, 0.25) is 0 Å². The number of aromatic nitrogens is 3. The number of rotatable bonds is 5. The monoisotopic (exact) mass is 387 g/mol. The molecule has 3 aromatic rings. The van der Waals surface area contributed by atoms with E-state index in [-0.39, 0.29) is 11.9 Å². The van der Waals surface area contributed by atoms with Gasteiger partial charge in [0.2, 0.25) is 10.8 Å². The summed E-state index contributed by atoms with van der Waals surface area (Å²) in [5.41, 5.74) is 1.14. The van der Waals surface area contributed by atoms with Gasteiger partial charge in [-0.2, -0.15) is 4.52 Å². The molecule has 0 spiro atoms. The van der Waals surface area contributed by atoms with Crippen molar-refractivity contribution in [3.8, 4) is 11.6 Å². The van der Waals surface area contributed by atoms with Crippen LogP contribution in [0.4, 0.5) is 0 Å². The van der Waals surface area contributed by atoms with Crippen molar-refractivity contribution in [1.82, 2.24) is 24.4 Å². The van der Waals surface area contributed by atoms with Gasteiger partial charge in [0, 0.05) is 32.6 Å². The maximum atomic E-state index is 10.9. The van der Waals surface area contributed by atoms with E-state index < -0.39 is 0 Å². The number of hydrogen-bond acceptors (Lipinski definition) is 7. The van der Waals surface area contributed by atoms with Gasteiger partial charge in [-0.3, -0.25) is 4.90 Å². The highest BCUT2D eigenvalue weighted by Crippen LogP contribution is 2.40. The average Bonchev–Trinajstić information content (AvgIpc) is 3.23. The Kier molecular flexibility index (Phi) is 5.03. The maximum absolute atomic E-state index is 10.9. The van der Waals surface area contributed by atoms with Crippen LogP contribution in [0.25, 0.3) is 4.96 Å². The molecule has 4 rings (SSSR count). The smallest absolute Gasteiger partial charge is 0.230 e. The topological polar surface area (TPSA) is 66.1 Å². The zero-order valence-electron chi connectivity index (χ0n) is 15.9. The summed E-state index contributed by atoms with van der Waals surface area (Å²) in [6, 6.07) is 8.08. The molecule has 1 unspecified atom stereocenters. The van der Waals surface area contributed by atoms with Gasteiger partial charge in [0.25, 0.3) is 0 Å². The minimum Gasteiger partial charge on any atom is -0.497 e. The first kappa shape index (κ1) is 18.2. The lowest BCUT2D eigenvalue weighted by Gasteiger charge is -2.37. The van der Waals surface area contributed by atoms with E-state index in [2.05, 4.69) is 39.1 Å². The van der Waals surface area contributed by atoms with Crippen molar-refractivity contribution in [1.29, 1.82) is 0 Å². The molecule has 3 heterocycles. The van der Waals surface area contributed by atoms with E-state index >= 15 is 0 Å².